The molecule has 0 aliphatic carbocycles. The summed E-state index contributed by atoms with van der Waals surface area (Å²) in [6, 6.07) is -0.486. The lowest BCUT2D eigenvalue weighted by atomic mass is 9.87. The van der Waals surface area contributed by atoms with Gasteiger partial charge in [-0.2, -0.15) is 0 Å². The largest absolute Gasteiger partial charge is 0.377 e. The number of carbonyl (C=O) groups excluding carboxylic acids is 2. The molecule has 2 aliphatic heterocycles. The molecule has 6 nitrogen and oxygen atoms in total. The van der Waals surface area contributed by atoms with Crippen LogP contribution in [0.15, 0.2) is 0 Å². The number of amides is 2. The summed E-state index contributed by atoms with van der Waals surface area (Å²) in [7, 11) is 0. The molecule has 0 aromatic heterocycles. The first-order valence-electron chi connectivity index (χ1n) is 7.46. The SMILES string of the molecule is CCCNC(=O)C1COCCN1C(=O)C1(C)CCNC1. The fraction of sp³-hybridized carbons (Fsp3) is 0.857. The van der Waals surface area contributed by atoms with Gasteiger partial charge in [-0.3, -0.25) is 9.59 Å². The number of rotatable bonds is 4. The fourth-order valence-electron chi connectivity index (χ4n) is 2.78. The van der Waals surface area contributed by atoms with Crippen molar-refractivity contribution in [2.45, 2.75) is 32.7 Å². The summed E-state index contributed by atoms with van der Waals surface area (Å²) in [6.07, 6.45) is 1.71. The average Bonchev–Trinajstić information content (AvgIpc) is 2.92. The number of carbonyl (C=O) groups is 2. The summed E-state index contributed by atoms with van der Waals surface area (Å²) in [6.45, 7) is 7.47. The van der Waals surface area contributed by atoms with Crippen molar-refractivity contribution in [3.63, 3.8) is 0 Å². The third kappa shape index (κ3) is 3.12. The molecule has 2 saturated heterocycles. The Hall–Kier alpha value is -1.14. The number of nitrogens with one attached hydrogen (secondary N) is 2. The number of hydrogen-bond acceptors (Lipinski definition) is 4. The minimum absolute atomic E-state index is 0.0717. The van der Waals surface area contributed by atoms with Crippen LogP contribution in [0.1, 0.15) is 26.7 Å². The van der Waals surface area contributed by atoms with Crippen molar-refractivity contribution in [1.29, 1.82) is 0 Å². The number of morpholine rings is 1. The topological polar surface area (TPSA) is 70.7 Å². The first-order chi connectivity index (χ1) is 9.58. The summed E-state index contributed by atoms with van der Waals surface area (Å²) in [4.78, 5) is 26.7. The molecule has 2 heterocycles. The lowest BCUT2D eigenvalue weighted by molar-refractivity contribution is -0.155. The molecule has 114 valence electrons. The van der Waals surface area contributed by atoms with Crippen LogP contribution in [0.5, 0.6) is 0 Å². The monoisotopic (exact) mass is 283 g/mol. The predicted octanol–water partition coefficient (Wildman–Crippen LogP) is -0.260. The zero-order valence-corrected chi connectivity index (χ0v) is 12.4. The molecule has 0 bridgehead atoms. The van der Waals surface area contributed by atoms with Crippen molar-refractivity contribution >= 4 is 11.8 Å². The minimum atomic E-state index is -0.486. The fourth-order valence-corrected chi connectivity index (χ4v) is 2.78. The molecule has 6 heteroatoms. The number of hydrogen-bond donors (Lipinski definition) is 2. The van der Waals surface area contributed by atoms with Gasteiger partial charge in [0.15, 0.2) is 0 Å². The van der Waals surface area contributed by atoms with Gasteiger partial charge in [0.25, 0.3) is 0 Å². The molecule has 2 aliphatic rings. The van der Waals surface area contributed by atoms with Crippen LogP contribution in [0.2, 0.25) is 0 Å². The standard InChI is InChI=1S/C14H25N3O3/c1-3-5-16-12(18)11-9-20-8-7-17(11)13(19)14(2)4-6-15-10-14/h11,15H,3-10H2,1-2H3,(H,16,18). The van der Waals surface area contributed by atoms with E-state index in [2.05, 4.69) is 10.6 Å². The average molecular weight is 283 g/mol. The first kappa shape index (κ1) is 15.3. The van der Waals surface area contributed by atoms with E-state index in [-0.39, 0.29) is 17.2 Å². The van der Waals surface area contributed by atoms with Gasteiger partial charge >= 0.3 is 0 Å². The van der Waals surface area contributed by atoms with Crippen molar-refractivity contribution in [2.75, 3.05) is 39.4 Å². The summed E-state index contributed by atoms with van der Waals surface area (Å²) < 4.78 is 5.39. The van der Waals surface area contributed by atoms with Gasteiger partial charge in [0.2, 0.25) is 11.8 Å². The highest BCUT2D eigenvalue weighted by Gasteiger charge is 2.43. The highest BCUT2D eigenvalue weighted by molar-refractivity contribution is 5.90. The normalized spacial score (nSPS) is 30.3. The molecule has 0 aromatic carbocycles. The van der Waals surface area contributed by atoms with E-state index in [1.165, 1.54) is 0 Å². The van der Waals surface area contributed by atoms with Crippen molar-refractivity contribution in [3.8, 4) is 0 Å². The molecular formula is C14H25N3O3. The van der Waals surface area contributed by atoms with E-state index in [1.807, 2.05) is 13.8 Å². The molecule has 2 N–H and O–H groups in total. The van der Waals surface area contributed by atoms with Crippen LogP contribution < -0.4 is 10.6 Å². The van der Waals surface area contributed by atoms with Crippen molar-refractivity contribution in [2.24, 2.45) is 5.41 Å². The van der Waals surface area contributed by atoms with E-state index in [4.69, 9.17) is 4.74 Å². The molecule has 2 amide bonds. The second-order valence-electron chi connectivity index (χ2n) is 5.87. The third-order valence-electron chi connectivity index (χ3n) is 4.13. The molecule has 0 radical (unpaired) electrons. The maximum atomic E-state index is 12.8. The Morgan fingerprint density at radius 1 is 1.50 bits per heavy atom. The molecule has 0 saturated carbocycles. The summed E-state index contributed by atoms with van der Waals surface area (Å²) >= 11 is 0. The van der Waals surface area contributed by atoms with Gasteiger partial charge in [-0.15, -0.1) is 0 Å². The van der Waals surface area contributed by atoms with Gasteiger partial charge in [0.05, 0.1) is 18.6 Å². The van der Waals surface area contributed by atoms with Crippen LogP contribution >= 0.6 is 0 Å². The van der Waals surface area contributed by atoms with Crippen molar-refractivity contribution in [1.82, 2.24) is 15.5 Å². The Balaban J connectivity index is 2.06. The summed E-state index contributed by atoms with van der Waals surface area (Å²) in [5.74, 6) is -0.0306. The second-order valence-corrected chi connectivity index (χ2v) is 5.87. The Kier molecular flexibility index (Phi) is 4.99. The van der Waals surface area contributed by atoms with Crippen molar-refractivity contribution in [3.05, 3.63) is 0 Å². The second kappa shape index (κ2) is 6.54. The Morgan fingerprint density at radius 2 is 2.30 bits per heavy atom. The predicted molar refractivity (Wildman–Crippen MR) is 75.2 cm³/mol. The van der Waals surface area contributed by atoms with Crippen LogP contribution in [0.4, 0.5) is 0 Å². The van der Waals surface area contributed by atoms with Gasteiger partial charge in [-0.05, 0) is 26.3 Å². The van der Waals surface area contributed by atoms with Crippen LogP contribution in [0, 0.1) is 5.41 Å². The van der Waals surface area contributed by atoms with Crippen LogP contribution in [-0.2, 0) is 14.3 Å². The highest BCUT2D eigenvalue weighted by Crippen LogP contribution is 2.28. The van der Waals surface area contributed by atoms with Gasteiger partial charge in [-0.25, -0.2) is 0 Å². The lowest BCUT2D eigenvalue weighted by Crippen LogP contribution is -2.59. The van der Waals surface area contributed by atoms with Gasteiger partial charge < -0.3 is 20.3 Å². The maximum absolute atomic E-state index is 12.8. The number of ether oxygens (including phenoxy) is 1. The molecule has 2 fully saturated rings. The van der Waals surface area contributed by atoms with Crippen LogP contribution in [0.3, 0.4) is 0 Å². The molecule has 2 rings (SSSR count). The third-order valence-corrected chi connectivity index (χ3v) is 4.13. The Morgan fingerprint density at radius 3 is 2.95 bits per heavy atom. The Labute approximate surface area is 120 Å². The molecule has 2 unspecified atom stereocenters. The van der Waals surface area contributed by atoms with Crippen molar-refractivity contribution < 1.29 is 14.3 Å². The van der Waals surface area contributed by atoms with Crippen LogP contribution in [0.25, 0.3) is 0 Å². The zero-order valence-electron chi connectivity index (χ0n) is 12.4. The van der Waals surface area contributed by atoms with E-state index in [0.29, 0.717) is 32.8 Å². The van der Waals surface area contributed by atoms with Gasteiger partial charge in [0, 0.05) is 19.6 Å². The molecular weight excluding hydrogens is 258 g/mol. The minimum Gasteiger partial charge on any atom is -0.377 e. The first-order valence-corrected chi connectivity index (χ1v) is 7.46. The number of nitrogens with zero attached hydrogens (tertiary/aromatic N) is 1. The lowest BCUT2D eigenvalue weighted by Gasteiger charge is -2.39. The summed E-state index contributed by atoms with van der Waals surface area (Å²) in [5, 5.41) is 6.09. The van der Waals surface area contributed by atoms with E-state index in [9.17, 15) is 9.59 Å². The Bertz CT molecular complexity index is 367. The van der Waals surface area contributed by atoms with Gasteiger partial charge in [-0.1, -0.05) is 6.92 Å². The highest BCUT2D eigenvalue weighted by atomic mass is 16.5. The summed E-state index contributed by atoms with van der Waals surface area (Å²) in [5.41, 5.74) is -0.388. The van der Waals surface area contributed by atoms with Gasteiger partial charge in [0.1, 0.15) is 6.04 Å². The molecule has 0 aromatic rings. The zero-order chi connectivity index (χ0) is 14.6. The molecule has 0 spiro atoms. The molecule has 20 heavy (non-hydrogen) atoms. The van der Waals surface area contributed by atoms with E-state index < -0.39 is 6.04 Å². The van der Waals surface area contributed by atoms with E-state index in [1.54, 1.807) is 4.90 Å². The van der Waals surface area contributed by atoms with Crippen LogP contribution in [-0.4, -0.2) is 62.1 Å². The maximum Gasteiger partial charge on any atom is 0.245 e. The van der Waals surface area contributed by atoms with E-state index >= 15 is 0 Å². The molecule has 2 atom stereocenters. The van der Waals surface area contributed by atoms with E-state index in [0.717, 1.165) is 19.4 Å². The smallest absolute Gasteiger partial charge is 0.245 e. The quantitative estimate of drug-likeness (QED) is 0.746.